The van der Waals surface area contributed by atoms with Crippen LogP contribution in [0.4, 0.5) is 0 Å². The van der Waals surface area contributed by atoms with Gasteiger partial charge in [0, 0.05) is 5.56 Å². The molecule has 3 rings (SSSR count). The molecule has 0 saturated heterocycles. The number of aromatic amines is 1. The lowest BCUT2D eigenvalue weighted by Crippen LogP contribution is -2.18. The zero-order chi connectivity index (χ0) is 12.5. The van der Waals surface area contributed by atoms with Gasteiger partial charge in [-0.2, -0.15) is 0 Å². The van der Waals surface area contributed by atoms with Crippen molar-refractivity contribution in [3.05, 3.63) is 39.7 Å². The Bertz CT molecular complexity index is 625. The highest BCUT2D eigenvalue weighted by atomic mass is 16.3. The number of hydrogen-bond acceptors (Lipinski definition) is 3. The standard InChI is InChI=1S/C14H16N2O2/c1-9-10(7-8-18-9)13-15-12-6-4-2-3-5-11(12)14(17)16-13/h7-8H,2-6H2,1H3,(H,15,16,17). The van der Waals surface area contributed by atoms with E-state index in [9.17, 15) is 4.79 Å². The van der Waals surface area contributed by atoms with Crippen molar-refractivity contribution in [3.8, 4) is 11.4 Å². The summed E-state index contributed by atoms with van der Waals surface area (Å²) in [4.78, 5) is 19.6. The summed E-state index contributed by atoms with van der Waals surface area (Å²) >= 11 is 0. The molecule has 0 spiro atoms. The van der Waals surface area contributed by atoms with Crippen LogP contribution in [0.2, 0.25) is 0 Å². The first kappa shape index (κ1) is 11.3. The number of aryl methyl sites for hydroxylation is 2. The van der Waals surface area contributed by atoms with Gasteiger partial charge in [-0.3, -0.25) is 4.79 Å². The Hall–Kier alpha value is -1.84. The molecule has 0 fully saturated rings. The molecule has 0 unspecified atom stereocenters. The summed E-state index contributed by atoms with van der Waals surface area (Å²) in [5.74, 6) is 1.42. The van der Waals surface area contributed by atoms with Crippen LogP contribution < -0.4 is 5.56 Å². The van der Waals surface area contributed by atoms with Gasteiger partial charge in [0.2, 0.25) is 0 Å². The molecule has 0 saturated carbocycles. The number of furan rings is 1. The number of aromatic nitrogens is 2. The van der Waals surface area contributed by atoms with E-state index in [4.69, 9.17) is 4.42 Å². The van der Waals surface area contributed by atoms with Gasteiger partial charge in [0.15, 0.2) is 0 Å². The van der Waals surface area contributed by atoms with Crippen LogP contribution in [0.3, 0.4) is 0 Å². The number of rotatable bonds is 1. The molecular formula is C14H16N2O2. The lowest BCUT2D eigenvalue weighted by atomic mass is 10.1. The molecule has 2 heterocycles. The summed E-state index contributed by atoms with van der Waals surface area (Å²) in [6, 6.07) is 1.84. The molecule has 94 valence electrons. The van der Waals surface area contributed by atoms with E-state index in [0.717, 1.165) is 48.3 Å². The van der Waals surface area contributed by atoms with Crippen LogP contribution in [0.5, 0.6) is 0 Å². The van der Waals surface area contributed by atoms with Crippen molar-refractivity contribution in [3.63, 3.8) is 0 Å². The third-order valence-electron chi connectivity index (χ3n) is 3.56. The van der Waals surface area contributed by atoms with Gasteiger partial charge in [0.05, 0.1) is 17.5 Å². The SMILES string of the molecule is Cc1occc1-c1nc2c(c(=O)[nH]1)CCCCC2. The first-order valence-corrected chi connectivity index (χ1v) is 6.42. The van der Waals surface area contributed by atoms with Gasteiger partial charge in [-0.05, 0) is 38.7 Å². The number of nitrogens with one attached hydrogen (secondary N) is 1. The Balaban J connectivity index is 2.14. The Morgan fingerprint density at radius 2 is 2.11 bits per heavy atom. The summed E-state index contributed by atoms with van der Waals surface area (Å²) in [5, 5.41) is 0. The van der Waals surface area contributed by atoms with Gasteiger partial charge >= 0.3 is 0 Å². The van der Waals surface area contributed by atoms with Gasteiger partial charge in [-0.25, -0.2) is 4.98 Å². The zero-order valence-electron chi connectivity index (χ0n) is 10.5. The molecule has 0 aliphatic heterocycles. The maximum absolute atomic E-state index is 12.1. The normalized spacial score (nSPS) is 15.2. The quantitative estimate of drug-likeness (QED) is 0.784. The van der Waals surface area contributed by atoms with Crippen LogP contribution in [-0.4, -0.2) is 9.97 Å². The van der Waals surface area contributed by atoms with E-state index < -0.39 is 0 Å². The second-order valence-electron chi connectivity index (χ2n) is 4.79. The fraction of sp³-hybridized carbons (Fsp3) is 0.429. The Labute approximate surface area is 105 Å². The summed E-state index contributed by atoms with van der Waals surface area (Å²) in [5.41, 5.74) is 2.72. The summed E-state index contributed by atoms with van der Waals surface area (Å²) in [6.45, 7) is 1.88. The molecule has 0 aromatic carbocycles. The molecule has 4 heteroatoms. The Morgan fingerprint density at radius 3 is 2.89 bits per heavy atom. The first-order valence-electron chi connectivity index (χ1n) is 6.42. The molecule has 1 aliphatic rings. The molecule has 0 bridgehead atoms. The highest BCUT2D eigenvalue weighted by molar-refractivity contribution is 5.57. The van der Waals surface area contributed by atoms with Crippen molar-refractivity contribution < 1.29 is 4.42 Å². The molecule has 1 N–H and O–H groups in total. The van der Waals surface area contributed by atoms with Crippen LogP contribution in [-0.2, 0) is 12.8 Å². The van der Waals surface area contributed by atoms with Crippen molar-refractivity contribution in [1.29, 1.82) is 0 Å². The zero-order valence-corrected chi connectivity index (χ0v) is 10.5. The molecule has 4 nitrogen and oxygen atoms in total. The number of nitrogens with zero attached hydrogens (tertiary/aromatic N) is 1. The minimum atomic E-state index is 0.0116. The Morgan fingerprint density at radius 1 is 1.28 bits per heavy atom. The van der Waals surface area contributed by atoms with Crippen LogP contribution in [0.15, 0.2) is 21.5 Å². The van der Waals surface area contributed by atoms with E-state index in [1.54, 1.807) is 6.26 Å². The van der Waals surface area contributed by atoms with Gasteiger partial charge in [-0.1, -0.05) is 6.42 Å². The van der Waals surface area contributed by atoms with Crippen molar-refractivity contribution >= 4 is 0 Å². The lowest BCUT2D eigenvalue weighted by molar-refractivity contribution is 0.535. The maximum Gasteiger partial charge on any atom is 0.254 e. The van der Waals surface area contributed by atoms with E-state index in [1.807, 2.05) is 13.0 Å². The fourth-order valence-electron chi connectivity index (χ4n) is 2.54. The highest BCUT2D eigenvalue weighted by Gasteiger charge is 2.16. The van der Waals surface area contributed by atoms with Gasteiger partial charge < -0.3 is 9.40 Å². The second kappa shape index (κ2) is 4.44. The van der Waals surface area contributed by atoms with E-state index in [-0.39, 0.29) is 5.56 Å². The monoisotopic (exact) mass is 244 g/mol. The topological polar surface area (TPSA) is 58.9 Å². The van der Waals surface area contributed by atoms with Crippen molar-refractivity contribution in [2.75, 3.05) is 0 Å². The molecule has 18 heavy (non-hydrogen) atoms. The van der Waals surface area contributed by atoms with Crippen LogP contribution in [0.25, 0.3) is 11.4 Å². The predicted octanol–water partition coefficient (Wildman–Crippen LogP) is 2.61. The average molecular weight is 244 g/mol. The largest absolute Gasteiger partial charge is 0.469 e. The number of H-pyrrole nitrogens is 1. The third kappa shape index (κ3) is 1.88. The molecule has 2 aromatic heterocycles. The first-order chi connectivity index (χ1) is 8.75. The Kier molecular flexibility index (Phi) is 2.78. The molecule has 0 radical (unpaired) electrons. The second-order valence-corrected chi connectivity index (χ2v) is 4.79. The molecule has 0 atom stereocenters. The van der Waals surface area contributed by atoms with Crippen molar-refractivity contribution in [2.24, 2.45) is 0 Å². The maximum atomic E-state index is 12.1. The van der Waals surface area contributed by atoms with Crippen LogP contribution >= 0.6 is 0 Å². The van der Waals surface area contributed by atoms with Gasteiger partial charge in [0.1, 0.15) is 11.6 Å². The fourth-order valence-corrected chi connectivity index (χ4v) is 2.54. The lowest BCUT2D eigenvalue weighted by Gasteiger charge is -2.06. The average Bonchev–Trinajstić information content (AvgIpc) is 2.63. The predicted molar refractivity (Wildman–Crippen MR) is 68.6 cm³/mol. The minimum Gasteiger partial charge on any atom is -0.469 e. The summed E-state index contributed by atoms with van der Waals surface area (Å²) in [7, 11) is 0. The third-order valence-corrected chi connectivity index (χ3v) is 3.56. The molecule has 0 amide bonds. The van der Waals surface area contributed by atoms with Crippen molar-refractivity contribution in [2.45, 2.75) is 39.0 Å². The summed E-state index contributed by atoms with van der Waals surface area (Å²) in [6.07, 6.45) is 6.76. The smallest absolute Gasteiger partial charge is 0.254 e. The van der Waals surface area contributed by atoms with Crippen LogP contribution in [0, 0.1) is 6.92 Å². The van der Waals surface area contributed by atoms with Gasteiger partial charge in [0.25, 0.3) is 5.56 Å². The van der Waals surface area contributed by atoms with E-state index >= 15 is 0 Å². The number of hydrogen-bond donors (Lipinski definition) is 1. The van der Waals surface area contributed by atoms with E-state index in [1.165, 1.54) is 6.42 Å². The minimum absolute atomic E-state index is 0.0116. The van der Waals surface area contributed by atoms with Crippen molar-refractivity contribution in [1.82, 2.24) is 9.97 Å². The van der Waals surface area contributed by atoms with E-state index in [2.05, 4.69) is 9.97 Å². The molecule has 1 aliphatic carbocycles. The van der Waals surface area contributed by atoms with Gasteiger partial charge in [-0.15, -0.1) is 0 Å². The molecule has 2 aromatic rings. The number of fused-ring (bicyclic) bond motifs is 1. The summed E-state index contributed by atoms with van der Waals surface area (Å²) < 4.78 is 5.27. The molecular weight excluding hydrogens is 228 g/mol. The van der Waals surface area contributed by atoms with E-state index in [0.29, 0.717) is 5.82 Å². The van der Waals surface area contributed by atoms with Crippen LogP contribution in [0.1, 0.15) is 36.3 Å². The highest BCUT2D eigenvalue weighted by Crippen LogP contribution is 2.22.